The van der Waals surface area contributed by atoms with Gasteiger partial charge in [-0.25, -0.2) is 9.50 Å². The average Bonchev–Trinajstić information content (AvgIpc) is 2.96. The molecular formula is C16H15ClN4O. The van der Waals surface area contributed by atoms with E-state index in [4.69, 9.17) is 11.6 Å². The van der Waals surface area contributed by atoms with Crippen LogP contribution in [0, 0.1) is 0 Å². The topological polar surface area (TPSA) is 50.5 Å². The number of rotatable bonds is 4. The lowest BCUT2D eigenvalue weighted by Crippen LogP contribution is -2.30. The fourth-order valence-corrected chi connectivity index (χ4v) is 2.40. The lowest BCUT2D eigenvalue weighted by molar-refractivity contribution is 0.0747. The molecule has 0 radical (unpaired) electrons. The van der Waals surface area contributed by atoms with Crippen LogP contribution in [-0.4, -0.2) is 31.9 Å². The highest BCUT2D eigenvalue weighted by Gasteiger charge is 2.18. The van der Waals surface area contributed by atoms with Crippen molar-refractivity contribution in [1.82, 2.24) is 19.5 Å². The first-order chi connectivity index (χ1) is 10.7. The summed E-state index contributed by atoms with van der Waals surface area (Å²) in [5.74, 6) is -0.118. The molecule has 0 saturated carbocycles. The Morgan fingerprint density at radius 1 is 1.23 bits per heavy atom. The minimum absolute atomic E-state index is 0.118. The highest BCUT2D eigenvalue weighted by molar-refractivity contribution is 6.29. The molecule has 6 heteroatoms. The molecule has 1 aromatic carbocycles. The van der Waals surface area contributed by atoms with Crippen molar-refractivity contribution in [3.8, 4) is 0 Å². The van der Waals surface area contributed by atoms with Gasteiger partial charge in [-0.05, 0) is 24.6 Å². The fraction of sp³-hybridized carbons (Fsp3) is 0.188. The number of benzene rings is 1. The number of imidazole rings is 1. The summed E-state index contributed by atoms with van der Waals surface area (Å²) in [4.78, 5) is 18.7. The van der Waals surface area contributed by atoms with Gasteiger partial charge in [0.2, 0.25) is 0 Å². The van der Waals surface area contributed by atoms with Crippen LogP contribution < -0.4 is 0 Å². The van der Waals surface area contributed by atoms with Crippen molar-refractivity contribution < 1.29 is 4.79 Å². The third-order valence-corrected chi connectivity index (χ3v) is 3.59. The van der Waals surface area contributed by atoms with Gasteiger partial charge < -0.3 is 4.90 Å². The highest BCUT2D eigenvalue weighted by atomic mass is 35.5. The number of nitrogens with zero attached hydrogens (tertiary/aromatic N) is 4. The molecule has 112 valence electrons. The maximum absolute atomic E-state index is 12.6. The van der Waals surface area contributed by atoms with Gasteiger partial charge in [0.15, 0.2) is 5.65 Å². The zero-order valence-electron chi connectivity index (χ0n) is 12.1. The van der Waals surface area contributed by atoms with Crippen LogP contribution in [0.25, 0.3) is 5.65 Å². The Kier molecular flexibility index (Phi) is 4.06. The number of aromatic nitrogens is 3. The Balaban J connectivity index is 1.86. The van der Waals surface area contributed by atoms with Crippen molar-refractivity contribution in [3.05, 3.63) is 65.1 Å². The van der Waals surface area contributed by atoms with E-state index in [1.165, 1.54) is 4.52 Å². The Hall–Kier alpha value is -2.40. The Morgan fingerprint density at radius 2 is 2.00 bits per heavy atom. The van der Waals surface area contributed by atoms with E-state index in [0.717, 1.165) is 5.56 Å². The fourth-order valence-electron chi connectivity index (χ4n) is 2.25. The monoisotopic (exact) mass is 314 g/mol. The third kappa shape index (κ3) is 2.94. The molecule has 0 bridgehead atoms. The summed E-state index contributed by atoms with van der Waals surface area (Å²) < 4.78 is 1.52. The van der Waals surface area contributed by atoms with Crippen LogP contribution in [0.5, 0.6) is 0 Å². The number of carbonyl (C=O) groups excluding carboxylic acids is 1. The molecular weight excluding hydrogens is 300 g/mol. The summed E-state index contributed by atoms with van der Waals surface area (Å²) in [6.07, 6.45) is 1.61. The molecule has 0 aliphatic heterocycles. The standard InChI is InChI=1S/C16H15ClN4O/c1-2-20(10-12-6-4-3-5-7-12)16(22)13-11-21-15(18-13)9-8-14(17)19-21/h3-9,11H,2,10H2,1H3. The maximum Gasteiger partial charge on any atom is 0.274 e. The first-order valence-electron chi connectivity index (χ1n) is 7.02. The van der Waals surface area contributed by atoms with Crippen molar-refractivity contribution >= 4 is 23.2 Å². The van der Waals surface area contributed by atoms with E-state index in [0.29, 0.717) is 29.6 Å². The van der Waals surface area contributed by atoms with Crippen LogP contribution in [0.15, 0.2) is 48.7 Å². The van der Waals surface area contributed by atoms with Crippen LogP contribution in [0.4, 0.5) is 0 Å². The second kappa shape index (κ2) is 6.15. The second-order valence-electron chi connectivity index (χ2n) is 4.89. The zero-order chi connectivity index (χ0) is 15.5. The quantitative estimate of drug-likeness (QED) is 0.743. The Morgan fingerprint density at radius 3 is 2.73 bits per heavy atom. The van der Waals surface area contributed by atoms with Gasteiger partial charge >= 0.3 is 0 Å². The van der Waals surface area contributed by atoms with Gasteiger partial charge in [-0.3, -0.25) is 4.79 Å². The van der Waals surface area contributed by atoms with Crippen molar-refractivity contribution in [2.75, 3.05) is 6.54 Å². The van der Waals surface area contributed by atoms with Crippen LogP contribution in [0.1, 0.15) is 23.0 Å². The normalized spacial score (nSPS) is 10.8. The van der Waals surface area contributed by atoms with Gasteiger partial charge in [-0.15, -0.1) is 0 Å². The molecule has 0 atom stereocenters. The number of fused-ring (bicyclic) bond motifs is 1. The zero-order valence-corrected chi connectivity index (χ0v) is 12.9. The highest BCUT2D eigenvalue weighted by Crippen LogP contribution is 2.12. The largest absolute Gasteiger partial charge is 0.333 e. The minimum atomic E-state index is -0.118. The summed E-state index contributed by atoms with van der Waals surface area (Å²) in [7, 11) is 0. The minimum Gasteiger partial charge on any atom is -0.333 e. The van der Waals surface area contributed by atoms with E-state index in [1.54, 1.807) is 23.2 Å². The third-order valence-electron chi connectivity index (χ3n) is 3.39. The van der Waals surface area contributed by atoms with Crippen molar-refractivity contribution in [2.24, 2.45) is 0 Å². The molecule has 3 rings (SSSR count). The lowest BCUT2D eigenvalue weighted by atomic mass is 10.2. The molecule has 0 aliphatic rings. The molecule has 0 unspecified atom stereocenters. The smallest absolute Gasteiger partial charge is 0.274 e. The van der Waals surface area contributed by atoms with Crippen molar-refractivity contribution in [2.45, 2.75) is 13.5 Å². The summed E-state index contributed by atoms with van der Waals surface area (Å²) in [5.41, 5.74) is 2.05. The molecule has 2 aromatic heterocycles. The Bertz CT molecular complexity index is 800. The molecule has 1 amide bonds. The summed E-state index contributed by atoms with van der Waals surface area (Å²) >= 11 is 5.85. The van der Waals surface area contributed by atoms with Gasteiger partial charge in [0.25, 0.3) is 5.91 Å². The first kappa shape index (κ1) is 14.5. The van der Waals surface area contributed by atoms with Crippen LogP contribution in [-0.2, 0) is 6.54 Å². The van der Waals surface area contributed by atoms with E-state index in [-0.39, 0.29) is 5.91 Å². The van der Waals surface area contributed by atoms with E-state index in [1.807, 2.05) is 37.3 Å². The average molecular weight is 315 g/mol. The Labute approximate surface area is 133 Å². The predicted molar refractivity (Wildman–Crippen MR) is 84.9 cm³/mol. The lowest BCUT2D eigenvalue weighted by Gasteiger charge is -2.19. The molecule has 5 nitrogen and oxygen atoms in total. The van der Waals surface area contributed by atoms with E-state index >= 15 is 0 Å². The van der Waals surface area contributed by atoms with Gasteiger partial charge in [-0.2, -0.15) is 5.10 Å². The molecule has 3 aromatic rings. The summed E-state index contributed by atoms with van der Waals surface area (Å²) in [5, 5.41) is 4.46. The van der Waals surface area contributed by atoms with Crippen LogP contribution >= 0.6 is 11.6 Å². The maximum atomic E-state index is 12.6. The van der Waals surface area contributed by atoms with Gasteiger partial charge in [0.05, 0.1) is 6.20 Å². The van der Waals surface area contributed by atoms with Crippen molar-refractivity contribution in [1.29, 1.82) is 0 Å². The van der Waals surface area contributed by atoms with Gasteiger partial charge in [0.1, 0.15) is 10.8 Å². The number of carbonyl (C=O) groups is 1. The van der Waals surface area contributed by atoms with Crippen molar-refractivity contribution in [3.63, 3.8) is 0 Å². The number of halogens is 1. The predicted octanol–water partition coefficient (Wildman–Crippen LogP) is 3.05. The molecule has 2 heterocycles. The molecule has 0 spiro atoms. The van der Waals surface area contributed by atoms with E-state index < -0.39 is 0 Å². The van der Waals surface area contributed by atoms with Gasteiger partial charge in [-0.1, -0.05) is 41.9 Å². The number of hydrogen-bond donors (Lipinski definition) is 0. The molecule has 0 N–H and O–H groups in total. The SMILES string of the molecule is CCN(Cc1ccccc1)C(=O)c1cn2nc(Cl)ccc2n1. The summed E-state index contributed by atoms with van der Waals surface area (Å²) in [6.45, 7) is 3.11. The molecule has 0 aliphatic carbocycles. The number of amides is 1. The first-order valence-corrected chi connectivity index (χ1v) is 7.40. The van der Waals surface area contributed by atoms with E-state index in [2.05, 4.69) is 10.1 Å². The number of hydrogen-bond acceptors (Lipinski definition) is 3. The molecule has 22 heavy (non-hydrogen) atoms. The molecule has 0 fully saturated rings. The van der Waals surface area contributed by atoms with E-state index in [9.17, 15) is 4.79 Å². The van der Waals surface area contributed by atoms with Gasteiger partial charge in [0, 0.05) is 13.1 Å². The van der Waals surface area contributed by atoms with Crippen LogP contribution in [0.2, 0.25) is 5.15 Å². The molecule has 0 saturated heterocycles. The van der Waals surface area contributed by atoms with Crippen LogP contribution in [0.3, 0.4) is 0 Å². The second-order valence-corrected chi connectivity index (χ2v) is 5.28. The summed E-state index contributed by atoms with van der Waals surface area (Å²) in [6, 6.07) is 13.3.